The van der Waals surface area contributed by atoms with Crippen LogP contribution in [-0.2, 0) is 10.0 Å². The molecule has 9 heteroatoms. The average Bonchev–Trinajstić information content (AvgIpc) is 2.63. The summed E-state index contributed by atoms with van der Waals surface area (Å²) in [6.45, 7) is 4.12. The largest absolute Gasteiger partial charge is 0.351 e. The third kappa shape index (κ3) is 7.16. The van der Waals surface area contributed by atoms with Crippen molar-refractivity contribution in [3.8, 4) is 0 Å². The highest BCUT2D eigenvalue weighted by Gasteiger charge is 2.15. The van der Waals surface area contributed by atoms with Crippen LogP contribution in [0, 0.1) is 5.82 Å². The molecule has 2 rings (SSSR count). The summed E-state index contributed by atoms with van der Waals surface area (Å²) in [5, 5.41) is 5.93. The first-order valence-electron chi connectivity index (χ1n) is 8.30. The summed E-state index contributed by atoms with van der Waals surface area (Å²) in [7, 11) is -3.81. The standard InChI is InChI=1S/C18H22FN3O3S.ClH/c1-2-11-20-12-13-21-18(23)14-3-9-17(10-4-14)26(24,25)22-16-7-5-15(19)6-8-16;/h3-10,20,22H,2,11-13H2,1H3,(H,21,23);1H. The third-order valence-corrected chi connectivity index (χ3v) is 4.93. The van der Waals surface area contributed by atoms with Crippen LogP contribution >= 0.6 is 12.4 Å². The smallest absolute Gasteiger partial charge is 0.261 e. The first-order chi connectivity index (χ1) is 12.4. The Morgan fingerprint density at radius 3 is 2.19 bits per heavy atom. The van der Waals surface area contributed by atoms with Gasteiger partial charge in [-0.25, -0.2) is 12.8 Å². The van der Waals surface area contributed by atoms with Gasteiger partial charge in [0.25, 0.3) is 15.9 Å². The van der Waals surface area contributed by atoms with Crippen LogP contribution in [-0.4, -0.2) is 34.0 Å². The van der Waals surface area contributed by atoms with Crippen LogP contribution in [0.25, 0.3) is 0 Å². The molecule has 6 nitrogen and oxygen atoms in total. The van der Waals surface area contributed by atoms with Gasteiger partial charge < -0.3 is 10.6 Å². The maximum atomic E-state index is 12.9. The zero-order valence-corrected chi connectivity index (χ0v) is 16.5. The van der Waals surface area contributed by atoms with Crippen LogP contribution in [0.4, 0.5) is 10.1 Å². The van der Waals surface area contributed by atoms with Gasteiger partial charge in [-0.1, -0.05) is 6.92 Å². The van der Waals surface area contributed by atoms with Crippen LogP contribution < -0.4 is 15.4 Å². The van der Waals surface area contributed by atoms with Gasteiger partial charge in [0.2, 0.25) is 0 Å². The number of amides is 1. The number of anilines is 1. The van der Waals surface area contributed by atoms with E-state index in [1.54, 1.807) is 0 Å². The van der Waals surface area contributed by atoms with Crippen molar-refractivity contribution in [2.75, 3.05) is 24.4 Å². The minimum Gasteiger partial charge on any atom is -0.351 e. The van der Waals surface area contributed by atoms with E-state index in [9.17, 15) is 17.6 Å². The minimum atomic E-state index is -3.81. The van der Waals surface area contributed by atoms with E-state index in [1.165, 1.54) is 48.5 Å². The van der Waals surface area contributed by atoms with E-state index < -0.39 is 15.8 Å². The summed E-state index contributed by atoms with van der Waals surface area (Å²) >= 11 is 0. The highest BCUT2D eigenvalue weighted by molar-refractivity contribution is 7.92. The molecule has 0 saturated heterocycles. The summed E-state index contributed by atoms with van der Waals surface area (Å²) in [5.41, 5.74) is 0.633. The fourth-order valence-electron chi connectivity index (χ4n) is 2.19. The highest BCUT2D eigenvalue weighted by atomic mass is 35.5. The van der Waals surface area contributed by atoms with Crippen molar-refractivity contribution in [2.45, 2.75) is 18.2 Å². The summed E-state index contributed by atoms with van der Waals surface area (Å²) < 4.78 is 39.9. The van der Waals surface area contributed by atoms with E-state index in [0.717, 1.165) is 13.0 Å². The molecule has 2 aromatic rings. The predicted octanol–water partition coefficient (Wildman–Crippen LogP) is 2.78. The fraction of sp³-hybridized carbons (Fsp3) is 0.278. The number of carbonyl (C=O) groups excluding carboxylic acids is 1. The van der Waals surface area contributed by atoms with Gasteiger partial charge in [0.05, 0.1) is 4.90 Å². The van der Waals surface area contributed by atoms with Crippen molar-refractivity contribution >= 4 is 34.0 Å². The lowest BCUT2D eigenvalue weighted by Gasteiger charge is -2.09. The van der Waals surface area contributed by atoms with Gasteiger partial charge in [-0.15, -0.1) is 12.4 Å². The number of sulfonamides is 1. The molecule has 3 N–H and O–H groups in total. The Morgan fingerprint density at radius 1 is 0.963 bits per heavy atom. The Hall–Kier alpha value is -2.16. The lowest BCUT2D eigenvalue weighted by atomic mass is 10.2. The van der Waals surface area contributed by atoms with Gasteiger partial charge >= 0.3 is 0 Å². The molecule has 148 valence electrons. The lowest BCUT2D eigenvalue weighted by Crippen LogP contribution is -2.32. The molecule has 0 aliphatic rings. The average molecular weight is 416 g/mol. The van der Waals surface area contributed by atoms with Gasteiger partial charge in [0.15, 0.2) is 0 Å². The number of nitrogens with one attached hydrogen (secondary N) is 3. The molecule has 1 amide bonds. The Morgan fingerprint density at radius 2 is 1.59 bits per heavy atom. The molecule has 27 heavy (non-hydrogen) atoms. The number of hydrogen-bond donors (Lipinski definition) is 3. The molecule has 0 heterocycles. The summed E-state index contributed by atoms with van der Waals surface area (Å²) in [5.74, 6) is -0.716. The molecule has 0 aromatic heterocycles. The lowest BCUT2D eigenvalue weighted by molar-refractivity contribution is 0.0954. The van der Waals surface area contributed by atoms with Gasteiger partial charge in [-0.3, -0.25) is 9.52 Å². The first-order valence-corrected chi connectivity index (χ1v) is 9.78. The van der Waals surface area contributed by atoms with E-state index in [-0.39, 0.29) is 28.9 Å². The second-order valence-corrected chi connectivity index (χ2v) is 7.33. The monoisotopic (exact) mass is 415 g/mol. The SMILES string of the molecule is CCCNCCNC(=O)c1ccc(S(=O)(=O)Nc2ccc(F)cc2)cc1.Cl. The van der Waals surface area contributed by atoms with E-state index in [0.29, 0.717) is 18.7 Å². The maximum absolute atomic E-state index is 12.9. The van der Waals surface area contributed by atoms with Crippen LogP contribution in [0.1, 0.15) is 23.7 Å². The third-order valence-electron chi connectivity index (χ3n) is 3.54. The molecule has 0 unspecified atom stereocenters. The number of rotatable bonds is 9. The van der Waals surface area contributed by atoms with Gasteiger partial charge in [0.1, 0.15) is 5.82 Å². The summed E-state index contributed by atoms with van der Waals surface area (Å²) in [6, 6.07) is 10.6. The highest BCUT2D eigenvalue weighted by Crippen LogP contribution is 2.17. The first kappa shape index (κ1) is 22.9. The molecule has 0 bridgehead atoms. The maximum Gasteiger partial charge on any atom is 0.261 e. The molecular formula is C18H23ClFN3O3S. The topological polar surface area (TPSA) is 87.3 Å². The van der Waals surface area contributed by atoms with Crippen molar-refractivity contribution in [1.29, 1.82) is 0 Å². The van der Waals surface area contributed by atoms with E-state index in [2.05, 4.69) is 22.3 Å². The molecule has 2 aromatic carbocycles. The van der Waals surface area contributed by atoms with Crippen LogP contribution in [0.2, 0.25) is 0 Å². The second kappa shape index (κ2) is 10.9. The van der Waals surface area contributed by atoms with Gasteiger partial charge in [-0.05, 0) is 61.5 Å². The quantitative estimate of drug-likeness (QED) is 0.549. The molecule has 0 aliphatic heterocycles. The number of benzene rings is 2. The van der Waals surface area contributed by atoms with Crippen molar-refractivity contribution in [3.05, 3.63) is 59.9 Å². The molecule has 0 radical (unpaired) electrons. The molecule has 0 spiro atoms. The normalized spacial score (nSPS) is 10.7. The molecule has 0 fully saturated rings. The number of hydrogen-bond acceptors (Lipinski definition) is 4. The van der Waals surface area contributed by atoms with E-state index in [4.69, 9.17) is 0 Å². The Kier molecular flexibility index (Phi) is 9.20. The van der Waals surface area contributed by atoms with Crippen molar-refractivity contribution < 1.29 is 17.6 Å². The fourth-order valence-corrected chi connectivity index (χ4v) is 3.24. The Labute approximate surface area is 165 Å². The minimum absolute atomic E-state index is 0. The van der Waals surface area contributed by atoms with E-state index >= 15 is 0 Å². The summed E-state index contributed by atoms with van der Waals surface area (Å²) in [4.78, 5) is 12.0. The zero-order valence-electron chi connectivity index (χ0n) is 14.9. The van der Waals surface area contributed by atoms with Crippen LogP contribution in [0.5, 0.6) is 0 Å². The van der Waals surface area contributed by atoms with Gasteiger partial charge in [0, 0.05) is 24.3 Å². The Balaban J connectivity index is 0.00000364. The van der Waals surface area contributed by atoms with Crippen LogP contribution in [0.15, 0.2) is 53.4 Å². The zero-order chi connectivity index (χ0) is 19.0. The van der Waals surface area contributed by atoms with Crippen LogP contribution in [0.3, 0.4) is 0 Å². The predicted molar refractivity (Wildman–Crippen MR) is 106 cm³/mol. The molecular weight excluding hydrogens is 393 g/mol. The van der Waals surface area contributed by atoms with Gasteiger partial charge in [-0.2, -0.15) is 0 Å². The molecule has 0 aliphatic carbocycles. The second-order valence-electron chi connectivity index (χ2n) is 5.64. The van der Waals surface area contributed by atoms with Crippen molar-refractivity contribution in [1.82, 2.24) is 10.6 Å². The number of halogens is 2. The summed E-state index contributed by atoms with van der Waals surface area (Å²) in [6.07, 6.45) is 1.02. The molecule has 0 atom stereocenters. The van der Waals surface area contributed by atoms with Crippen molar-refractivity contribution in [2.24, 2.45) is 0 Å². The number of carbonyl (C=O) groups is 1. The molecule has 0 saturated carbocycles. The van der Waals surface area contributed by atoms with E-state index in [1.807, 2.05) is 0 Å². The Bertz CT molecular complexity index is 828. The van der Waals surface area contributed by atoms with Crippen molar-refractivity contribution in [3.63, 3.8) is 0 Å².